The fraction of sp³-hybridized carbons (Fsp3) is 0.556. The van der Waals surface area contributed by atoms with E-state index in [-0.39, 0.29) is 6.29 Å². The summed E-state index contributed by atoms with van der Waals surface area (Å²) in [6.45, 7) is 4.94. The standard InChI is InChI=1S/C9H14O3/c1-3-10-8(2)12-7-9-5-4-6-11-9/h4-6,8H,3,7H2,1-2H3. The zero-order chi connectivity index (χ0) is 8.81. The van der Waals surface area contributed by atoms with E-state index in [0.29, 0.717) is 13.2 Å². The van der Waals surface area contributed by atoms with Gasteiger partial charge in [0, 0.05) is 6.61 Å². The predicted molar refractivity (Wildman–Crippen MR) is 44.6 cm³/mol. The van der Waals surface area contributed by atoms with Gasteiger partial charge in [-0.05, 0) is 26.0 Å². The van der Waals surface area contributed by atoms with Gasteiger partial charge >= 0.3 is 0 Å². The van der Waals surface area contributed by atoms with Gasteiger partial charge in [0.2, 0.25) is 0 Å². The molecule has 0 aromatic carbocycles. The highest BCUT2D eigenvalue weighted by Crippen LogP contribution is 2.04. The van der Waals surface area contributed by atoms with Gasteiger partial charge in [0.25, 0.3) is 0 Å². The third-order valence-corrected chi connectivity index (χ3v) is 1.44. The number of hydrogen-bond donors (Lipinski definition) is 0. The van der Waals surface area contributed by atoms with Crippen LogP contribution in [0, 0.1) is 0 Å². The van der Waals surface area contributed by atoms with E-state index in [4.69, 9.17) is 13.9 Å². The lowest BCUT2D eigenvalue weighted by atomic mass is 10.5. The molecule has 0 spiro atoms. The smallest absolute Gasteiger partial charge is 0.155 e. The first-order chi connectivity index (χ1) is 5.83. The fourth-order valence-corrected chi connectivity index (χ4v) is 0.877. The Hall–Kier alpha value is -0.800. The summed E-state index contributed by atoms with van der Waals surface area (Å²) in [6, 6.07) is 3.71. The topological polar surface area (TPSA) is 31.6 Å². The summed E-state index contributed by atoms with van der Waals surface area (Å²) in [4.78, 5) is 0. The fourth-order valence-electron chi connectivity index (χ4n) is 0.877. The molecular weight excluding hydrogens is 156 g/mol. The van der Waals surface area contributed by atoms with Crippen molar-refractivity contribution in [1.82, 2.24) is 0 Å². The molecule has 0 N–H and O–H groups in total. The zero-order valence-electron chi connectivity index (χ0n) is 7.45. The van der Waals surface area contributed by atoms with Gasteiger partial charge in [-0.3, -0.25) is 0 Å². The first kappa shape index (κ1) is 9.29. The van der Waals surface area contributed by atoms with Crippen LogP contribution in [0.15, 0.2) is 22.8 Å². The largest absolute Gasteiger partial charge is 0.467 e. The van der Waals surface area contributed by atoms with Crippen LogP contribution >= 0.6 is 0 Å². The summed E-state index contributed by atoms with van der Waals surface area (Å²) in [5.74, 6) is 0.821. The van der Waals surface area contributed by atoms with Crippen LogP contribution in [0.2, 0.25) is 0 Å². The van der Waals surface area contributed by atoms with Crippen molar-refractivity contribution in [3.05, 3.63) is 24.2 Å². The van der Waals surface area contributed by atoms with Crippen LogP contribution in [-0.2, 0) is 16.1 Å². The second-order valence-electron chi connectivity index (χ2n) is 2.41. The summed E-state index contributed by atoms with van der Waals surface area (Å²) < 4.78 is 15.6. The number of rotatable bonds is 5. The van der Waals surface area contributed by atoms with Crippen LogP contribution in [0.25, 0.3) is 0 Å². The van der Waals surface area contributed by atoms with E-state index in [1.54, 1.807) is 6.26 Å². The number of ether oxygens (including phenoxy) is 2. The Balaban J connectivity index is 2.17. The van der Waals surface area contributed by atoms with Gasteiger partial charge in [0.15, 0.2) is 6.29 Å². The molecule has 1 aromatic rings. The minimum Gasteiger partial charge on any atom is -0.467 e. The summed E-state index contributed by atoms with van der Waals surface area (Å²) in [5.41, 5.74) is 0. The molecule has 0 aliphatic rings. The highest BCUT2D eigenvalue weighted by Gasteiger charge is 2.01. The molecule has 0 saturated heterocycles. The Morgan fingerprint density at radius 3 is 2.92 bits per heavy atom. The van der Waals surface area contributed by atoms with Gasteiger partial charge < -0.3 is 13.9 Å². The van der Waals surface area contributed by atoms with E-state index < -0.39 is 0 Å². The summed E-state index contributed by atoms with van der Waals surface area (Å²) >= 11 is 0. The third-order valence-electron chi connectivity index (χ3n) is 1.44. The molecular formula is C9H14O3. The van der Waals surface area contributed by atoms with E-state index in [2.05, 4.69) is 0 Å². The molecule has 0 saturated carbocycles. The maximum Gasteiger partial charge on any atom is 0.155 e. The number of furan rings is 1. The monoisotopic (exact) mass is 170 g/mol. The molecule has 0 aliphatic carbocycles. The van der Waals surface area contributed by atoms with Crippen molar-refractivity contribution in [3.63, 3.8) is 0 Å². The van der Waals surface area contributed by atoms with Crippen molar-refractivity contribution in [3.8, 4) is 0 Å². The van der Waals surface area contributed by atoms with E-state index in [9.17, 15) is 0 Å². The normalized spacial score (nSPS) is 13.2. The van der Waals surface area contributed by atoms with Crippen LogP contribution in [-0.4, -0.2) is 12.9 Å². The minimum atomic E-state index is -0.167. The van der Waals surface area contributed by atoms with Crippen LogP contribution in [0.3, 0.4) is 0 Å². The summed E-state index contributed by atoms with van der Waals surface area (Å²) in [6.07, 6.45) is 1.46. The molecule has 0 aliphatic heterocycles. The Bertz CT molecular complexity index is 194. The summed E-state index contributed by atoms with van der Waals surface area (Å²) in [5, 5.41) is 0. The van der Waals surface area contributed by atoms with Gasteiger partial charge in [0.1, 0.15) is 12.4 Å². The Morgan fingerprint density at radius 1 is 1.50 bits per heavy atom. The van der Waals surface area contributed by atoms with Crippen molar-refractivity contribution in [1.29, 1.82) is 0 Å². The van der Waals surface area contributed by atoms with Crippen LogP contribution in [0.5, 0.6) is 0 Å². The van der Waals surface area contributed by atoms with Crippen molar-refractivity contribution >= 4 is 0 Å². The Kier molecular flexibility index (Phi) is 3.84. The van der Waals surface area contributed by atoms with Crippen molar-refractivity contribution in [2.45, 2.75) is 26.7 Å². The van der Waals surface area contributed by atoms with Crippen molar-refractivity contribution in [2.75, 3.05) is 6.61 Å². The second kappa shape index (κ2) is 4.95. The third kappa shape index (κ3) is 3.07. The first-order valence-corrected chi connectivity index (χ1v) is 4.08. The van der Waals surface area contributed by atoms with Gasteiger partial charge in [0.05, 0.1) is 6.26 Å². The number of hydrogen-bond acceptors (Lipinski definition) is 3. The highest BCUT2D eigenvalue weighted by atomic mass is 16.7. The van der Waals surface area contributed by atoms with E-state index in [1.165, 1.54) is 0 Å². The Labute approximate surface area is 72.3 Å². The van der Waals surface area contributed by atoms with Crippen LogP contribution < -0.4 is 0 Å². The lowest BCUT2D eigenvalue weighted by Crippen LogP contribution is -2.12. The molecule has 1 heterocycles. The molecule has 1 rings (SSSR count). The first-order valence-electron chi connectivity index (χ1n) is 4.08. The molecule has 3 heteroatoms. The molecule has 3 nitrogen and oxygen atoms in total. The molecule has 68 valence electrons. The second-order valence-corrected chi connectivity index (χ2v) is 2.41. The summed E-state index contributed by atoms with van der Waals surface area (Å²) in [7, 11) is 0. The zero-order valence-corrected chi connectivity index (χ0v) is 7.45. The van der Waals surface area contributed by atoms with Gasteiger partial charge in [-0.1, -0.05) is 0 Å². The SMILES string of the molecule is CCOC(C)OCc1ccco1. The highest BCUT2D eigenvalue weighted by molar-refractivity contribution is 4.95. The molecule has 0 amide bonds. The molecule has 0 radical (unpaired) electrons. The van der Waals surface area contributed by atoms with Crippen LogP contribution in [0.4, 0.5) is 0 Å². The van der Waals surface area contributed by atoms with Gasteiger partial charge in [-0.15, -0.1) is 0 Å². The van der Waals surface area contributed by atoms with E-state index in [1.807, 2.05) is 26.0 Å². The van der Waals surface area contributed by atoms with Gasteiger partial charge in [-0.25, -0.2) is 0 Å². The Morgan fingerprint density at radius 2 is 2.33 bits per heavy atom. The lowest BCUT2D eigenvalue weighted by Gasteiger charge is -2.10. The minimum absolute atomic E-state index is 0.167. The molecule has 1 unspecified atom stereocenters. The molecule has 12 heavy (non-hydrogen) atoms. The molecule has 1 aromatic heterocycles. The molecule has 1 atom stereocenters. The van der Waals surface area contributed by atoms with E-state index in [0.717, 1.165) is 5.76 Å². The average Bonchev–Trinajstić information content (AvgIpc) is 2.53. The average molecular weight is 170 g/mol. The quantitative estimate of drug-likeness (QED) is 0.635. The lowest BCUT2D eigenvalue weighted by molar-refractivity contribution is -0.137. The molecule has 0 fully saturated rings. The maximum atomic E-state index is 5.31. The van der Waals surface area contributed by atoms with Crippen LogP contribution in [0.1, 0.15) is 19.6 Å². The van der Waals surface area contributed by atoms with Crippen molar-refractivity contribution < 1.29 is 13.9 Å². The predicted octanol–water partition coefficient (Wildman–Crippen LogP) is 2.18. The van der Waals surface area contributed by atoms with Crippen molar-refractivity contribution in [2.24, 2.45) is 0 Å². The molecule has 0 bridgehead atoms. The maximum absolute atomic E-state index is 5.31. The van der Waals surface area contributed by atoms with E-state index >= 15 is 0 Å². The van der Waals surface area contributed by atoms with Gasteiger partial charge in [-0.2, -0.15) is 0 Å².